The molecule has 0 heterocycles. The van der Waals surface area contributed by atoms with Gasteiger partial charge in [0.05, 0.1) is 14.2 Å². The Hall–Kier alpha value is -3.86. The van der Waals surface area contributed by atoms with Gasteiger partial charge in [0, 0.05) is 17.2 Å². The number of hydrogen-bond donors (Lipinski definition) is 0. The highest BCUT2D eigenvalue weighted by Crippen LogP contribution is 2.28. The summed E-state index contributed by atoms with van der Waals surface area (Å²) in [4.78, 5) is 25.5. The molecule has 5 heteroatoms. The molecule has 0 amide bonds. The molecular formula is C25H22O5. The van der Waals surface area contributed by atoms with Crippen LogP contribution in [0.15, 0.2) is 84.9 Å². The van der Waals surface area contributed by atoms with E-state index < -0.39 is 12.1 Å². The molecule has 0 saturated carbocycles. The Morgan fingerprint density at radius 2 is 1.43 bits per heavy atom. The van der Waals surface area contributed by atoms with Gasteiger partial charge >= 0.3 is 5.97 Å². The van der Waals surface area contributed by atoms with E-state index in [9.17, 15) is 9.59 Å². The van der Waals surface area contributed by atoms with Crippen molar-refractivity contribution in [1.29, 1.82) is 0 Å². The van der Waals surface area contributed by atoms with E-state index in [-0.39, 0.29) is 5.78 Å². The van der Waals surface area contributed by atoms with E-state index in [4.69, 9.17) is 14.2 Å². The number of benzene rings is 3. The van der Waals surface area contributed by atoms with Gasteiger partial charge in [0.25, 0.3) is 0 Å². The standard InChI is InChI=1S/C25H22O5/c1-28-21-15-13-18(17-22(21)29-2)14-16-23(26)30-25(20-11-7-4-8-12-20)24(27)19-9-5-3-6-10-19/h3-17,25H,1-2H3/b16-14+. The van der Waals surface area contributed by atoms with Crippen LogP contribution < -0.4 is 9.47 Å². The Kier molecular flexibility index (Phi) is 7.00. The number of Topliss-reactive ketones (excluding diaryl/α,β-unsaturated/α-hetero) is 1. The maximum atomic E-state index is 13.0. The summed E-state index contributed by atoms with van der Waals surface area (Å²) in [5.41, 5.74) is 1.82. The van der Waals surface area contributed by atoms with Gasteiger partial charge in [-0.15, -0.1) is 0 Å². The van der Waals surface area contributed by atoms with Crippen molar-refractivity contribution in [3.8, 4) is 11.5 Å². The van der Waals surface area contributed by atoms with Crippen molar-refractivity contribution in [2.24, 2.45) is 0 Å². The lowest BCUT2D eigenvalue weighted by Gasteiger charge is -2.16. The molecule has 3 aromatic carbocycles. The first kappa shape index (κ1) is 20.9. The molecule has 5 nitrogen and oxygen atoms in total. The molecule has 0 aromatic heterocycles. The summed E-state index contributed by atoms with van der Waals surface area (Å²) in [5.74, 6) is 0.238. The lowest BCUT2D eigenvalue weighted by atomic mass is 10.00. The average Bonchev–Trinajstić information content (AvgIpc) is 2.81. The molecule has 0 saturated heterocycles. The van der Waals surface area contributed by atoms with Crippen molar-refractivity contribution in [3.63, 3.8) is 0 Å². The normalized spacial score (nSPS) is 11.7. The first-order valence-electron chi connectivity index (χ1n) is 9.37. The molecule has 1 atom stereocenters. The lowest BCUT2D eigenvalue weighted by molar-refractivity contribution is -0.141. The lowest BCUT2D eigenvalue weighted by Crippen LogP contribution is -2.19. The molecule has 3 rings (SSSR count). The SMILES string of the molecule is COc1ccc(/C=C/C(=O)OC(C(=O)c2ccccc2)c2ccccc2)cc1OC. The molecule has 0 aliphatic carbocycles. The van der Waals surface area contributed by atoms with Crippen LogP contribution in [0.5, 0.6) is 11.5 Å². The second-order valence-corrected chi connectivity index (χ2v) is 6.41. The molecule has 1 unspecified atom stereocenters. The third-order valence-electron chi connectivity index (χ3n) is 4.45. The predicted molar refractivity (Wildman–Crippen MR) is 115 cm³/mol. The summed E-state index contributed by atoms with van der Waals surface area (Å²) >= 11 is 0. The number of ketones is 1. The number of carbonyl (C=O) groups is 2. The summed E-state index contributed by atoms with van der Waals surface area (Å²) in [7, 11) is 3.09. The highest BCUT2D eigenvalue weighted by molar-refractivity contribution is 6.01. The summed E-state index contributed by atoms with van der Waals surface area (Å²) in [6.45, 7) is 0. The summed E-state index contributed by atoms with van der Waals surface area (Å²) in [6.07, 6.45) is 1.85. The number of esters is 1. The van der Waals surface area contributed by atoms with Gasteiger partial charge in [-0.1, -0.05) is 66.7 Å². The molecule has 0 spiro atoms. The van der Waals surface area contributed by atoms with E-state index in [2.05, 4.69) is 0 Å². The van der Waals surface area contributed by atoms with Gasteiger partial charge in [-0.05, 0) is 23.8 Å². The number of ether oxygens (including phenoxy) is 3. The quantitative estimate of drug-likeness (QED) is 0.305. The highest BCUT2D eigenvalue weighted by atomic mass is 16.5. The van der Waals surface area contributed by atoms with Crippen LogP contribution in [0, 0.1) is 0 Å². The molecule has 0 radical (unpaired) electrons. The topological polar surface area (TPSA) is 61.8 Å². The predicted octanol–water partition coefficient (Wildman–Crippen LogP) is 4.88. The van der Waals surface area contributed by atoms with Crippen molar-refractivity contribution < 1.29 is 23.8 Å². The molecule has 0 aliphatic rings. The molecule has 3 aromatic rings. The van der Waals surface area contributed by atoms with Crippen LogP contribution in [0.3, 0.4) is 0 Å². The molecule has 30 heavy (non-hydrogen) atoms. The van der Waals surface area contributed by atoms with E-state index >= 15 is 0 Å². The average molecular weight is 402 g/mol. The van der Waals surface area contributed by atoms with Gasteiger partial charge in [-0.25, -0.2) is 4.79 Å². The molecule has 0 aliphatic heterocycles. The molecular weight excluding hydrogens is 380 g/mol. The van der Waals surface area contributed by atoms with Crippen molar-refractivity contribution in [1.82, 2.24) is 0 Å². The van der Waals surface area contributed by atoms with Crippen molar-refractivity contribution >= 4 is 17.8 Å². The molecule has 0 N–H and O–H groups in total. The fourth-order valence-corrected chi connectivity index (χ4v) is 2.93. The third kappa shape index (κ3) is 5.14. The summed E-state index contributed by atoms with van der Waals surface area (Å²) in [6, 6.07) is 23.0. The molecule has 0 bridgehead atoms. The van der Waals surface area contributed by atoms with Gasteiger partial charge < -0.3 is 14.2 Å². The van der Waals surface area contributed by atoms with Crippen LogP contribution >= 0.6 is 0 Å². The van der Waals surface area contributed by atoms with Gasteiger partial charge in [0.1, 0.15) is 0 Å². The van der Waals surface area contributed by atoms with Gasteiger partial charge in [-0.3, -0.25) is 4.79 Å². The van der Waals surface area contributed by atoms with E-state index in [1.54, 1.807) is 87.0 Å². The number of hydrogen-bond acceptors (Lipinski definition) is 5. The van der Waals surface area contributed by atoms with Crippen molar-refractivity contribution in [3.05, 3.63) is 102 Å². The summed E-state index contributed by atoms with van der Waals surface area (Å²) in [5, 5.41) is 0. The first-order valence-corrected chi connectivity index (χ1v) is 9.37. The smallest absolute Gasteiger partial charge is 0.331 e. The largest absolute Gasteiger partial charge is 0.493 e. The van der Waals surface area contributed by atoms with Crippen LogP contribution in [0.2, 0.25) is 0 Å². The zero-order chi connectivity index (χ0) is 21.3. The van der Waals surface area contributed by atoms with Crippen LogP contribution in [-0.4, -0.2) is 26.0 Å². The van der Waals surface area contributed by atoms with E-state index in [1.807, 2.05) is 12.1 Å². The van der Waals surface area contributed by atoms with Crippen LogP contribution in [0.25, 0.3) is 6.08 Å². The minimum atomic E-state index is -1.03. The maximum Gasteiger partial charge on any atom is 0.331 e. The Bertz CT molecular complexity index is 1030. The minimum absolute atomic E-state index is 0.283. The van der Waals surface area contributed by atoms with Crippen LogP contribution in [0.1, 0.15) is 27.6 Å². The summed E-state index contributed by atoms with van der Waals surface area (Å²) < 4.78 is 16.0. The van der Waals surface area contributed by atoms with Gasteiger partial charge in [0.2, 0.25) is 5.78 Å². The van der Waals surface area contributed by atoms with Gasteiger partial charge in [-0.2, -0.15) is 0 Å². The molecule has 0 fully saturated rings. The van der Waals surface area contributed by atoms with E-state index in [0.717, 1.165) is 5.56 Å². The minimum Gasteiger partial charge on any atom is -0.493 e. The zero-order valence-corrected chi connectivity index (χ0v) is 16.8. The third-order valence-corrected chi connectivity index (χ3v) is 4.45. The van der Waals surface area contributed by atoms with E-state index in [0.29, 0.717) is 22.6 Å². The van der Waals surface area contributed by atoms with Crippen LogP contribution in [0.4, 0.5) is 0 Å². The monoisotopic (exact) mass is 402 g/mol. The van der Waals surface area contributed by atoms with Crippen molar-refractivity contribution in [2.75, 3.05) is 14.2 Å². The van der Waals surface area contributed by atoms with Gasteiger partial charge in [0.15, 0.2) is 17.6 Å². The van der Waals surface area contributed by atoms with E-state index in [1.165, 1.54) is 6.08 Å². The maximum absolute atomic E-state index is 13.0. The Balaban J connectivity index is 1.80. The second-order valence-electron chi connectivity index (χ2n) is 6.41. The fraction of sp³-hybridized carbons (Fsp3) is 0.120. The highest BCUT2D eigenvalue weighted by Gasteiger charge is 2.25. The zero-order valence-electron chi connectivity index (χ0n) is 16.8. The number of methoxy groups -OCH3 is 2. The second kappa shape index (κ2) is 10.1. The fourth-order valence-electron chi connectivity index (χ4n) is 2.93. The van der Waals surface area contributed by atoms with Crippen molar-refractivity contribution in [2.45, 2.75) is 6.10 Å². The number of rotatable bonds is 8. The number of carbonyl (C=O) groups excluding carboxylic acids is 2. The molecule has 152 valence electrons. The Morgan fingerprint density at radius 3 is 2.07 bits per heavy atom. The van der Waals surface area contributed by atoms with Crippen LogP contribution in [-0.2, 0) is 9.53 Å². The Labute approximate surface area is 175 Å². The first-order chi connectivity index (χ1) is 14.6. The Morgan fingerprint density at radius 1 is 0.800 bits per heavy atom.